The first-order chi connectivity index (χ1) is 5.00. The van der Waals surface area contributed by atoms with Crippen molar-refractivity contribution < 1.29 is 14.4 Å². The molecule has 1 fully saturated rings. The molecule has 60 valence electrons. The topological polar surface area (TPSA) is 66.5 Å². The SMILES string of the molecule is CC1(C)C(=O)NC(=O)N1C=O. The number of nitrogens with zero attached hydrogens (tertiary/aromatic N) is 1. The van der Waals surface area contributed by atoms with Gasteiger partial charge in [0.15, 0.2) is 0 Å². The number of rotatable bonds is 1. The van der Waals surface area contributed by atoms with Gasteiger partial charge >= 0.3 is 6.03 Å². The molecule has 1 aliphatic heterocycles. The number of hydrogen-bond donors (Lipinski definition) is 1. The molecule has 0 aromatic rings. The largest absolute Gasteiger partial charge is 0.331 e. The first-order valence-corrected chi connectivity index (χ1v) is 3.10. The number of urea groups is 1. The maximum absolute atomic E-state index is 10.9. The molecule has 0 radical (unpaired) electrons. The highest BCUT2D eigenvalue weighted by Crippen LogP contribution is 2.17. The van der Waals surface area contributed by atoms with Crippen LogP contribution in [0.1, 0.15) is 13.8 Å². The van der Waals surface area contributed by atoms with E-state index in [0.29, 0.717) is 6.41 Å². The third kappa shape index (κ3) is 0.886. The minimum atomic E-state index is -1.04. The number of amides is 4. The molecule has 0 aromatic heterocycles. The molecule has 1 rings (SSSR count). The van der Waals surface area contributed by atoms with E-state index in [2.05, 4.69) is 0 Å². The third-order valence-corrected chi connectivity index (χ3v) is 1.70. The number of hydrogen-bond acceptors (Lipinski definition) is 3. The summed E-state index contributed by atoms with van der Waals surface area (Å²) in [5.41, 5.74) is -1.04. The Morgan fingerprint density at radius 3 is 2.18 bits per heavy atom. The maximum atomic E-state index is 10.9. The lowest BCUT2D eigenvalue weighted by Gasteiger charge is -2.20. The van der Waals surface area contributed by atoms with Crippen molar-refractivity contribution >= 4 is 18.3 Å². The van der Waals surface area contributed by atoms with Crippen molar-refractivity contribution in [1.82, 2.24) is 10.2 Å². The molecule has 0 unspecified atom stereocenters. The Morgan fingerprint density at radius 2 is 2.00 bits per heavy atom. The quantitative estimate of drug-likeness (QED) is 0.410. The fraction of sp³-hybridized carbons (Fsp3) is 0.500. The van der Waals surface area contributed by atoms with Gasteiger partial charge in [-0.15, -0.1) is 0 Å². The van der Waals surface area contributed by atoms with Gasteiger partial charge in [0.05, 0.1) is 0 Å². The third-order valence-electron chi connectivity index (χ3n) is 1.70. The first-order valence-electron chi connectivity index (χ1n) is 3.10. The molecule has 0 saturated carbocycles. The molecule has 11 heavy (non-hydrogen) atoms. The summed E-state index contributed by atoms with van der Waals surface area (Å²) in [4.78, 5) is 32.9. The molecule has 5 nitrogen and oxygen atoms in total. The second kappa shape index (κ2) is 2.05. The molecule has 1 heterocycles. The fourth-order valence-corrected chi connectivity index (χ4v) is 0.853. The highest BCUT2D eigenvalue weighted by atomic mass is 16.2. The molecule has 4 amide bonds. The molecule has 5 heteroatoms. The number of nitrogens with one attached hydrogen (secondary N) is 1. The van der Waals surface area contributed by atoms with E-state index in [1.54, 1.807) is 0 Å². The summed E-state index contributed by atoms with van der Waals surface area (Å²) in [5, 5.41) is 2.02. The number of carbonyl (C=O) groups is 3. The van der Waals surface area contributed by atoms with Gasteiger partial charge in [-0.2, -0.15) is 0 Å². The normalized spacial score (nSPS) is 21.8. The highest BCUT2D eigenvalue weighted by Gasteiger charge is 2.45. The first kappa shape index (κ1) is 7.71. The molecular formula is C6H8N2O3. The molecule has 1 N–H and O–H groups in total. The molecule has 1 aliphatic rings. The Hall–Kier alpha value is -1.39. The second-order valence-corrected chi connectivity index (χ2v) is 2.79. The molecule has 0 aliphatic carbocycles. The van der Waals surface area contributed by atoms with Gasteiger partial charge in [-0.1, -0.05) is 0 Å². The summed E-state index contributed by atoms with van der Waals surface area (Å²) in [6.45, 7) is 3.00. The van der Waals surface area contributed by atoms with Crippen LogP contribution in [0.15, 0.2) is 0 Å². The van der Waals surface area contributed by atoms with Crippen molar-refractivity contribution in [1.29, 1.82) is 0 Å². The fourth-order valence-electron chi connectivity index (χ4n) is 0.853. The Morgan fingerprint density at radius 1 is 1.45 bits per heavy atom. The molecule has 0 atom stereocenters. The van der Waals surface area contributed by atoms with Crippen LogP contribution in [0.4, 0.5) is 4.79 Å². The van der Waals surface area contributed by atoms with Crippen molar-refractivity contribution in [2.24, 2.45) is 0 Å². The standard InChI is InChI=1S/C6H8N2O3/c1-6(2)4(10)7-5(11)8(6)3-9/h3H,1-2H3,(H,7,10,11). The van der Waals surface area contributed by atoms with Gasteiger partial charge in [0.1, 0.15) is 5.54 Å². The Balaban J connectivity index is 3.02. The maximum Gasteiger partial charge on any atom is 0.331 e. The van der Waals surface area contributed by atoms with Crippen molar-refractivity contribution in [3.63, 3.8) is 0 Å². The van der Waals surface area contributed by atoms with E-state index < -0.39 is 17.5 Å². The summed E-state index contributed by atoms with van der Waals surface area (Å²) in [6, 6.07) is -0.657. The van der Waals surface area contributed by atoms with Gasteiger partial charge in [-0.3, -0.25) is 19.8 Å². The van der Waals surface area contributed by atoms with Crippen LogP contribution >= 0.6 is 0 Å². The Bertz CT molecular complexity index is 234. The zero-order valence-corrected chi connectivity index (χ0v) is 6.25. The second-order valence-electron chi connectivity index (χ2n) is 2.79. The predicted octanol–water partition coefficient (Wildman–Crippen LogP) is -0.527. The highest BCUT2D eigenvalue weighted by molar-refractivity contribution is 6.10. The van der Waals surface area contributed by atoms with E-state index in [-0.39, 0.29) is 0 Å². The summed E-state index contributed by atoms with van der Waals surface area (Å²) in [6.07, 6.45) is 0.347. The lowest BCUT2D eigenvalue weighted by atomic mass is 10.1. The van der Waals surface area contributed by atoms with Crippen LogP contribution in [0.5, 0.6) is 0 Å². The minimum Gasteiger partial charge on any atom is -0.278 e. The molecular weight excluding hydrogens is 148 g/mol. The molecule has 0 aromatic carbocycles. The van der Waals surface area contributed by atoms with Crippen molar-refractivity contribution in [2.75, 3.05) is 0 Å². The average molecular weight is 156 g/mol. The van der Waals surface area contributed by atoms with Crippen LogP contribution in [0.2, 0.25) is 0 Å². The molecule has 0 bridgehead atoms. The zero-order chi connectivity index (χ0) is 8.65. The van der Waals surface area contributed by atoms with Gasteiger partial charge in [0.25, 0.3) is 5.91 Å². The van der Waals surface area contributed by atoms with Crippen LogP contribution in [-0.4, -0.2) is 28.8 Å². The van der Waals surface area contributed by atoms with Gasteiger partial charge in [-0.25, -0.2) is 4.79 Å². The number of carbonyl (C=O) groups excluding carboxylic acids is 3. The average Bonchev–Trinajstić information content (AvgIpc) is 2.04. The monoisotopic (exact) mass is 156 g/mol. The van der Waals surface area contributed by atoms with E-state index in [1.807, 2.05) is 5.32 Å². The van der Waals surface area contributed by atoms with Crippen LogP contribution < -0.4 is 5.32 Å². The summed E-state index contributed by atoms with van der Waals surface area (Å²) >= 11 is 0. The molecule has 1 saturated heterocycles. The smallest absolute Gasteiger partial charge is 0.278 e. The van der Waals surface area contributed by atoms with E-state index in [1.165, 1.54) is 13.8 Å². The minimum absolute atomic E-state index is 0.347. The van der Waals surface area contributed by atoms with Gasteiger partial charge in [-0.05, 0) is 13.8 Å². The van der Waals surface area contributed by atoms with Crippen molar-refractivity contribution in [2.45, 2.75) is 19.4 Å². The van der Waals surface area contributed by atoms with E-state index >= 15 is 0 Å². The predicted molar refractivity (Wildman–Crippen MR) is 35.5 cm³/mol. The van der Waals surface area contributed by atoms with Crippen molar-refractivity contribution in [3.8, 4) is 0 Å². The zero-order valence-electron chi connectivity index (χ0n) is 6.25. The van der Waals surface area contributed by atoms with Crippen molar-refractivity contribution in [3.05, 3.63) is 0 Å². The number of imide groups is 2. The van der Waals surface area contributed by atoms with E-state index in [0.717, 1.165) is 4.90 Å². The Labute approximate surface area is 63.4 Å². The van der Waals surface area contributed by atoms with Crippen LogP contribution in [0, 0.1) is 0 Å². The van der Waals surface area contributed by atoms with Gasteiger partial charge in [0, 0.05) is 0 Å². The summed E-state index contributed by atoms with van der Waals surface area (Å²) in [5.74, 6) is -0.449. The van der Waals surface area contributed by atoms with E-state index in [9.17, 15) is 14.4 Å². The van der Waals surface area contributed by atoms with Gasteiger partial charge in [0.2, 0.25) is 6.41 Å². The molecule has 0 spiro atoms. The lowest BCUT2D eigenvalue weighted by molar-refractivity contribution is -0.130. The van der Waals surface area contributed by atoms with Crippen LogP contribution in [-0.2, 0) is 9.59 Å². The van der Waals surface area contributed by atoms with Crippen LogP contribution in [0.3, 0.4) is 0 Å². The van der Waals surface area contributed by atoms with E-state index in [4.69, 9.17) is 0 Å². The summed E-state index contributed by atoms with van der Waals surface area (Å²) < 4.78 is 0. The lowest BCUT2D eigenvalue weighted by Crippen LogP contribution is -2.43. The van der Waals surface area contributed by atoms with Crippen LogP contribution in [0.25, 0.3) is 0 Å². The van der Waals surface area contributed by atoms with Gasteiger partial charge < -0.3 is 0 Å². The Kier molecular flexibility index (Phi) is 1.44. The summed E-state index contributed by atoms with van der Waals surface area (Å²) in [7, 11) is 0.